The average Bonchev–Trinajstić information content (AvgIpc) is 2.52. The smallest absolute Gasteiger partial charge is 0.372 e. The van der Waals surface area contributed by atoms with Crippen LogP contribution in [0.1, 0.15) is 11.1 Å². The highest BCUT2D eigenvalue weighted by Crippen LogP contribution is 2.32. The Hall–Kier alpha value is -2.97. The Labute approximate surface area is 135 Å². The van der Waals surface area contributed by atoms with Crippen molar-refractivity contribution in [2.75, 3.05) is 0 Å². The Morgan fingerprint density at radius 2 is 1.72 bits per heavy atom. The van der Waals surface area contributed by atoms with E-state index in [-0.39, 0.29) is 16.5 Å². The van der Waals surface area contributed by atoms with Gasteiger partial charge < -0.3 is 4.42 Å². The van der Waals surface area contributed by atoms with Crippen molar-refractivity contribution in [3.63, 3.8) is 0 Å². The van der Waals surface area contributed by atoms with Crippen LogP contribution < -0.4 is 11.4 Å². The lowest BCUT2D eigenvalue weighted by Crippen LogP contribution is -2.25. The van der Waals surface area contributed by atoms with E-state index in [4.69, 9.17) is 0 Å². The molecule has 0 unspecified atom stereocenters. The number of alkyl halides is 3. The summed E-state index contributed by atoms with van der Waals surface area (Å²) >= 11 is 0. The molecule has 0 spiro atoms. The van der Waals surface area contributed by atoms with E-state index in [0.29, 0.717) is 12.1 Å². The van der Waals surface area contributed by atoms with Crippen LogP contribution in [0.2, 0.25) is 0 Å². The van der Waals surface area contributed by atoms with Gasteiger partial charge in [-0.05, 0) is 35.9 Å². The van der Waals surface area contributed by atoms with Crippen LogP contribution >= 0.6 is 0 Å². The van der Waals surface area contributed by atoms with E-state index in [1.165, 1.54) is 0 Å². The van der Waals surface area contributed by atoms with E-state index < -0.39 is 41.3 Å². The molecule has 0 saturated heterocycles. The molecule has 3 aromatic rings. The molecule has 130 valence electrons. The second kappa shape index (κ2) is 5.83. The fraction of sp³-hybridized carbons (Fsp3) is 0.125. The first-order valence-corrected chi connectivity index (χ1v) is 6.85. The lowest BCUT2D eigenvalue weighted by molar-refractivity contribution is -0.140. The number of hydrogen-bond donors (Lipinski definition) is 0. The predicted octanol–water partition coefficient (Wildman–Crippen LogP) is 3.30. The van der Waals surface area contributed by atoms with Gasteiger partial charge >= 0.3 is 17.6 Å². The summed E-state index contributed by atoms with van der Waals surface area (Å²) in [6.45, 7) is -0.423. The first kappa shape index (κ1) is 16.9. The summed E-state index contributed by atoms with van der Waals surface area (Å²) in [5.74, 6) is -3.32. The van der Waals surface area contributed by atoms with Crippen molar-refractivity contribution >= 4 is 10.9 Å². The van der Waals surface area contributed by atoms with Crippen LogP contribution in [0.3, 0.4) is 0 Å². The molecular formula is C16H8F5NO3. The van der Waals surface area contributed by atoms with Crippen LogP contribution in [0.5, 0.6) is 0 Å². The molecule has 0 aliphatic rings. The quantitative estimate of drug-likeness (QED) is 0.662. The van der Waals surface area contributed by atoms with E-state index in [2.05, 4.69) is 4.42 Å². The number of benzene rings is 2. The van der Waals surface area contributed by atoms with E-state index >= 15 is 0 Å². The minimum atomic E-state index is -4.90. The summed E-state index contributed by atoms with van der Waals surface area (Å²) in [6.07, 6.45) is -4.90. The molecule has 0 N–H and O–H groups in total. The fourth-order valence-corrected chi connectivity index (χ4v) is 2.42. The maximum atomic E-state index is 13.3. The summed E-state index contributed by atoms with van der Waals surface area (Å²) in [5, 5.41) is -0.238. The van der Waals surface area contributed by atoms with Crippen LogP contribution in [0.15, 0.2) is 50.4 Å². The molecule has 0 atom stereocenters. The molecule has 9 heteroatoms. The van der Waals surface area contributed by atoms with Crippen molar-refractivity contribution in [3.8, 4) is 0 Å². The minimum Gasteiger partial charge on any atom is -0.372 e. The lowest BCUT2D eigenvalue weighted by Gasteiger charge is -2.12. The molecule has 0 amide bonds. The monoisotopic (exact) mass is 357 g/mol. The molecule has 0 radical (unpaired) electrons. The number of nitrogens with zero attached hydrogens (tertiary/aromatic N) is 1. The van der Waals surface area contributed by atoms with Gasteiger partial charge in [0.25, 0.3) is 0 Å². The highest BCUT2D eigenvalue weighted by molar-refractivity contribution is 5.77. The Kier molecular flexibility index (Phi) is 3.94. The van der Waals surface area contributed by atoms with Gasteiger partial charge in [-0.1, -0.05) is 6.07 Å². The maximum Gasteiger partial charge on any atom is 0.422 e. The van der Waals surface area contributed by atoms with Crippen LogP contribution in [0.25, 0.3) is 10.9 Å². The van der Waals surface area contributed by atoms with E-state index in [1.807, 2.05) is 0 Å². The Bertz CT molecular complexity index is 1080. The third-order valence-corrected chi connectivity index (χ3v) is 3.55. The number of aromatic nitrogens is 1. The second-order valence-electron chi connectivity index (χ2n) is 5.22. The van der Waals surface area contributed by atoms with Crippen molar-refractivity contribution < 1.29 is 26.4 Å². The summed E-state index contributed by atoms with van der Waals surface area (Å²) in [6, 6.07) is 5.23. The van der Waals surface area contributed by atoms with Gasteiger partial charge in [-0.2, -0.15) is 13.2 Å². The van der Waals surface area contributed by atoms with Gasteiger partial charge in [0, 0.05) is 0 Å². The summed E-state index contributed by atoms with van der Waals surface area (Å²) < 4.78 is 70.3. The second-order valence-corrected chi connectivity index (χ2v) is 5.22. The number of fused-ring (bicyclic) bond motifs is 1. The third kappa shape index (κ3) is 3.17. The van der Waals surface area contributed by atoms with E-state index in [0.717, 1.165) is 28.8 Å². The van der Waals surface area contributed by atoms with Gasteiger partial charge in [0.15, 0.2) is 0 Å². The number of hydrogen-bond acceptors (Lipinski definition) is 3. The van der Waals surface area contributed by atoms with E-state index in [9.17, 15) is 31.5 Å². The molecular weight excluding hydrogens is 349 g/mol. The summed E-state index contributed by atoms with van der Waals surface area (Å²) in [7, 11) is 0. The van der Waals surface area contributed by atoms with Crippen molar-refractivity contribution in [3.05, 3.63) is 80.1 Å². The topological polar surface area (TPSA) is 52.2 Å². The highest BCUT2D eigenvalue weighted by atomic mass is 19.4. The van der Waals surface area contributed by atoms with Crippen LogP contribution in [0.4, 0.5) is 22.0 Å². The van der Waals surface area contributed by atoms with Crippen LogP contribution in [-0.2, 0) is 12.7 Å². The van der Waals surface area contributed by atoms with Crippen LogP contribution in [0, 0.1) is 11.6 Å². The SMILES string of the molecule is O=c1oc(=O)n(Cc2ccc(F)c(C(F)(F)F)c2)c2ccc(F)cc12. The largest absolute Gasteiger partial charge is 0.422 e. The molecule has 0 fully saturated rings. The number of rotatable bonds is 2. The molecule has 1 aromatic heterocycles. The van der Waals surface area contributed by atoms with Gasteiger partial charge in [-0.15, -0.1) is 0 Å². The van der Waals surface area contributed by atoms with Gasteiger partial charge in [-0.3, -0.25) is 4.57 Å². The minimum absolute atomic E-state index is 0.0134. The Balaban J connectivity index is 2.17. The van der Waals surface area contributed by atoms with Crippen molar-refractivity contribution in [2.45, 2.75) is 12.7 Å². The molecule has 0 aliphatic carbocycles. The molecule has 4 nitrogen and oxygen atoms in total. The fourth-order valence-electron chi connectivity index (χ4n) is 2.42. The molecule has 0 saturated carbocycles. The van der Waals surface area contributed by atoms with Crippen molar-refractivity contribution in [1.82, 2.24) is 4.57 Å². The van der Waals surface area contributed by atoms with Crippen molar-refractivity contribution in [2.24, 2.45) is 0 Å². The van der Waals surface area contributed by atoms with Gasteiger partial charge in [0.2, 0.25) is 0 Å². The van der Waals surface area contributed by atoms with Gasteiger partial charge in [0.1, 0.15) is 11.6 Å². The first-order valence-electron chi connectivity index (χ1n) is 6.85. The van der Waals surface area contributed by atoms with Crippen LogP contribution in [-0.4, -0.2) is 4.57 Å². The zero-order chi connectivity index (χ0) is 18.4. The summed E-state index contributed by atoms with van der Waals surface area (Å²) in [5.41, 5.74) is -2.60. The lowest BCUT2D eigenvalue weighted by atomic mass is 10.1. The Morgan fingerprint density at radius 1 is 1.00 bits per heavy atom. The predicted molar refractivity (Wildman–Crippen MR) is 77.2 cm³/mol. The zero-order valence-electron chi connectivity index (χ0n) is 12.2. The zero-order valence-corrected chi connectivity index (χ0v) is 12.2. The summed E-state index contributed by atoms with van der Waals surface area (Å²) in [4.78, 5) is 23.5. The third-order valence-electron chi connectivity index (χ3n) is 3.55. The highest BCUT2D eigenvalue weighted by Gasteiger charge is 2.34. The van der Waals surface area contributed by atoms with E-state index in [1.54, 1.807) is 0 Å². The van der Waals surface area contributed by atoms with Gasteiger partial charge in [-0.25, -0.2) is 18.4 Å². The molecule has 1 heterocycles. The maximum absolute atomic E-state index is 13.3. The van der Waals surface area contributed by atoms with Gasteiger partial charge in [0.05, 0.1) is 23.0 Å². The van der Waals surface area contributed by atoms with Crippen molar-refractivity contribution in [1.29, 1.82) is 0 Å². The number of halogens is 5. The normalized spacial score (nSPS) is 11.9. The molecule has 2 aromatic carbocycles. The molecule has 0 bridgehead atoms. The first-order chi connectivity index (χ1) is 11.7. The molecule has 0 aliphatic heterocycles. The standard InChI is InChI=1S/C16H8F5NO3/c17-9-2-4-13-10(6-9)14(23)25-15(24)22(13)7-8-1-3-12(18)11(5-8)16(19,20)21/h1-6H,7H2. The average molecular weight is 357 g/mol. The Morgan fingerprint density at radius 3 is 2.40 bits per heavy atom. The molecule has 25 heavy (non-hydrogen) atoms. The molecule has 3 rings (SSSR count).